The van der Waals surface area contributed by atoms with Crippen LogP contribution in [0.15, 0.2) is 24.3 Å². The van der Waals surface area contributed by atoms with Crippen LogP contribution in [0.1, 0.15) is 41.8 Å². The average molecular weight is 354 g/mol. The zero-order chi connectivity index (χ0) is 17.9. The van der Waals surface area contributed by atoms with E-state index in [1.165, 1.54) is 23.2 Å². The fourth-order valence-corrected chi connectivity index (χ4v) is 3.89. The molecule has 1 N–H and O–H groups in total. The van der Waals surface area contributed by atoms with Gasteiger partial charge in [-0.05, 0) is 37.0 Å². The maximum absolute atomic E-state index is 12.8. The number of likely N-dealkylation sites (tertiary alicyclic amines) is 1. The van der Waals surface area contributed by atoms with E-state index in [1.807, 2.05) is 21.9 Å². The Kier molecular flexibility index (Phi) is 4.82. The van der Waals surface area contributed by atoms with Gasteiger partial charge in [-0.3, -0.25) is 5.10 Å². The summed E-state index contributed by atoms with van der Waals surface area (Å²) in [7, 11) is 1.67. The topological polar surface area (TPSA) is 61.5 Å². The number of nitrogens with one attached hydrogen (secondary N) is 1. The molecule has 0 unspecified atom stereocenters. The highest BCUT2D eigenvalue weighted by molar-refractivity contribution is 5.75. The zero-order valence-electron chi connectivity index (χ0n) is 15.3. The van der Waals surface area contributed by atoms with E-state index in [-0.39, 0.29) is 6.03 Å². The van der Waals surface area contributed by atoms with E-state index in [1.54, 1.807) is 7.11 Å². The number of hydrogen-bond donors (Lipinski definition) is 1. The van der Waals surface area contributed by atoms with Crippen molar-refractivity contribution in [3.63, 3.8) is 0 Å². The van der Waals surface area contributed by atoms with Gasteiger partial charge in [-0.2, -0.15) is 5.10 Å². The number of hydrogen-bond acceptors (Lipinski definition) is 3. The average Bonchev–Trinajstić information content (AvgIpc) is 3.10. The summed E-state index contributed by atoms with van der Waals surface area (Å²) < 4.78 is 5.22. The van der Waals surface area contributed by atoms with E-state index in [0.717, 1.165) is 56.8 Å². The van der Waals surface area contributed by atoms with Crippen LogP contribution in [0.2, 0.25) is 0 Å². The normalized spacial score (nSPS) is 17.1. The van der Waals surface area contributed by atoms with Crippen LogP contribution in [0.5, 0.6) is 5.75 Å². The fourth-order valence-electron chi connectivity index (χ4n) is 3.89. The van der Waals surface area contributed by atoms with E-state index in [9.17, 15) is 4.79 Å². The molecule has 1 saturated heterocycles. The van der Waals surface area contributed by atoms with E-state index in [2.05, 4.69) is 22.3 Å². The van der Waals surface area contributed by atoms with Gasteiger partial charge in [-0.15, -0.1) is 0 Å². The van der Waals surface area contributed by atoms with Crippen LogP contribution < -0.4 is 4.74 Å². The maximum atomic E-state index is 12.8. The molecule has 4 rings (SSSR count). The third-order valence-electron chi connectivity index (χ3n) is 5.45. The Bertz CT molecular complexity index is 763. The number of benzene rings is 1. The number of aromatic nitrogens is 2. The Labute approximate surface area is 154 Å². The van der Waals surface area contributed by atoms with Crippen LogP contribution in [-0.2, 0) is 19.4 Å². The monoisotopic (exact) mass is 354 g/mol. The zero-order valence-corrected chi connectivity index (χ0v) is 15.3. The SMILES string of the molecule is COc1ccc(Cc2n[nH]c3c2CN(C(=O)N2CCCCC2)CC3)cc1. The quantitative estimate of drug-likeness (QED) is 0.922. The molecule has 26 heavy (non-hydrogen) atoms. The predicted molar refractivity (Wildman–Crippen MR) is 99.3 cm³/mol. The summed E-state index contributed by atoms with van der Waals surface area (Å²) in [6.07, 6.45) is 5.10. The molecule has 1 aromatic carbocycles. The number of carbonyl (C=O) groups is 1. The van der Waals surface area contributed by atoms with Crippen molar-refractivity contribution in [2.24, 2.45) is 0 Å². The van der Waals surface area contributed by atoms with Crippen molar-refractivity contribution in [2.45, 2.75) is 38.6 Å². The van der Waals surface area contributed by atoms with Gasteiger partial charge in [-0.25, -0.2) is 4.79 Å². The summed E-state index contributed by atoms with van der Waals surface area (Å²) >= 11 is 0. The molecule has 2 aliphatic rings. The molecule has 3 heterocycles. The summed E-state index contributed by atoms with van der Waals surface area (Å²) in [6, 6.07) is 8.27. The van der Waals surface area contributed by atoms with Gasteiger partial charge in [0.25, 0.3) is 0 Å². The van der Waals surface area contributed by atoms with E-state index in [4.69, 9.17) is 4.74 Å². The first-order valence-corrected chi connectivity index (χ1v) is 9.46. The highest BCUT2D eigenvalue weighted by Crippen LogP contribution is 2.24. The Morgan fingerprint density at radius 3 is 2.62 bits per heavy atom. The number of urea groups is 1. The van der Waals surface area contributed by atoms with E-state index in [0.29, 0.717) is 6.54 Å². The van der Waals surface area contributed by atoms with E-state index < -0.39 is 0 Å². The first kappa shape index (κ1) is 16.9. The number of rotatable bonds is 3. The highest BCUT2D eigenvalue weighted by Gasteiger charge is 2.28. The molecule has 2 aliphatic heterocycles. The minimum Gasteiger partial charge on any atom is -0.497 e. The molecule has 1 fully saturated rings. The van der Waals surface area contributed by atoms with Crippen LogP contribution in [-0.4, -0.2) is 52.8 Å². The van der Waals surface area contributed by atoms with Crippen molar-refractivity contribution in [3.05, 3.63) is 46.8 Å². The Morgan fingerprint density at radius 2 is 1.88 bits per heavy atom. The Hall–Kier alpha value is -2.50. The Balaban J connectivity index is 1.47. The first-order chi connectivity index (χ1) is 12.7. The van der Waals surface area contributed by atoms with Gasteiger partial charge in [0.05, 0.1) is 19.3 Å². The van der Waals surface area contributed by atoms with E-state index >= 15 is 0 Å². The molecule has 0 bridgehead atoms. The lowest BCUT2D eigenvalue weighted by Crippen LogP contribution is -2.47. The number of piperidine rings is 1. The molecule has 6 heteroatoms. The number of fused-ring (bicyclic) bond motifs is 1. The Morgan fingerprint density at radius 1 is 1.12 bits per heavy atom. The van der Waals surface area contributed by atoms with Gasteiger partial charge in [-0.1, -0.05) is 12.1 Å². The molecule has 0 spiro atoms. The number of H-pyrrole nitrogens is 1. The molecule has 138 valence electrons. The van der Waals surface area contributed by atoms with Crippen LogP contribution in [0.4, 0.5) is 4.79 Å². The summed E-state index contributed by atoms with van der Waals surface area (Å²) in [4.78, 5) is 16.8. The molecule has 0 radical (unpaired) electrons. The third-order valence-corrected chi connectivity index (χ3v) is 5.45. The number of methoxy groups -OCH3 is 1. The minimum atomic E-state index is 0.187. The number of aromatic amines is 1. The molecule has 2 amide bonds. The summed E-state index contributed by atoms with van der Waals surface area (Å²) in [6.45, 7) is 3.22. The second-order valence-electron chi connectivity index (χ2n) is 7.15. The summed E-state index contributed by atoms with van der Waals surface area (Å²) in [5.41, 5.74) is 4.61. The molecule has 2 aromatic rings. The van der Waals surface area contributed by atoms with Crippen LogP contribution >= 0.6 is 0 Å². The lowest BCUT2D eigenvalue weighted by atomic mass is 10.0. The first-order valence-electron chi connectivity index (χ1n) is 9.46. The molecule has 6 nitrogen and oxygen atoms in total. The second kappa shape index (κ2) is 7.40. The lowest BCUT2D eigenvalue weighted by molar-refractivity contribution is 0.138. The van der Waals surface area contributed by atoms with Gasteiger partial charge in [0, 0.05) is 43.7 Å². The summed E-state index contributed by atoms with van der Waals surface area (Å²) in [5.74, 6) is 0.858. The lowest BCUT2D eigenvalue weighted by Gasteiger charge is -2.35. The molecule has 0 saturated carbocycles. The van der Waals surface area contributed by atoms with Crippen LogP contribution in [0, 0.1) is 0 Å². The van der Waals surface area contributed by atoms with Crippen LogP contribution in [0.3, 0.4) is 0 Å². The molecule has 1 aromatic heterocycles. The predicted octanol–water partition coefficient (Wildman–Crippen LogP) is 2.97. The van der Waals surface area contributed by atoms with Gasteiger partial charge in [0.1, 0.15) is 5.75 Å². The largest absolute Gasteiger partial charge is 0.497 e. The third kappa shape index (κ3) is 3.41. The number of carbonyl (C=O) groups excluding carboxylic acids is 1. The highest BCUT2D eigenvalue weighted by atomic mass is 16.5. The smallest absolute Gasteiger partial charge is 0.320 e. The van der Waals surface area contributed by atoms with Crippen molar-refractivity contribution in [1.29, 1.82) is 0 Å². The standard InChI is InChI=1S/C20H26N4O2/c1-26-16-7-5-15(6-8-16)13-19-17-14-24(12-9-18(17)21-22-19)20(25)23-10-3-2-4-11-23/h5-8H,2-4,9-14H2,1H3,(H,21,22). The van der Waals surface area contributed by atoms with Crippen molar-refractivity contribution in [1.82, 2.24) is 20.0 Å². The number of amides is 2. The van der Waals surface area contributed by atoms with Gasteiger partial charge in [0.15, 0.2) is 0 Å². The van der Waals surface area contributed by atoms with Gasteiger partial charge in [0.2, 0.25) is 0 Å². The molecular weight excluding hydrogens is 328 g/mol. The van der Waals surface area contributed by atoms with Crippen molar-refractivity contribution in [3.8, 4) is 5.75 Å². The van der Waals surface area contributed by atoms with Crippen LogP contribution in [0.25, 0.3) is 0 Å². The minimum absolute atomic E-state index is 0.187. The number of ether oxygens (including phenoxy) is 1. The van der Waals surface area contributed by atoms with Crippen molar-refractivity contribution < 1.29 is 9.53 Å². The molecule has 0 aliphatic carbocycles. The van der Waals surface area contributed by atoms with Crippen molar-refractivity contribution >= 4 is 6.03 Å². The number of nitrogens with zero attached hydrogens (tertiary/aromatic N) is 3. The van der Waals surface area contributed by atoms with Crippen molar-refractivity contribution in [2.75, 3.05) is 26.7 Å². The summed E-state index contributed by atoms with van der Waals surface area (Å²) in [5, 5.41) is 7.72. The van der Waals surface area contributed by atoms with Gasteiger partial charge < -0.3 is 14.5 Å². The maximum Gasteiger partial charge on any atom is 0.320 e. The fraction of sp³-hybridized carbons (Fsp3) is 0.500. The van der Waals surface area contributed by atoms with Gasteiger partial charge >= 0.3 is 6.03 Å². The molecule has 0 atom stereocenters. The molecular formula is C20H26N4O2. The second-order valence-corrected chi connectivity index (χ2v) is 7.15.